The number of anilines is 1. The molecule has 1 aromatic rings. The number of allylic oxidation sites excluding steroid dienone is 2. The second kappa shape index (κ2) is 8.15. The van der Waals surface area contributed by atoms with Crippen molar-refractivity contribution in [2.75, 3.05) is 5.32 Å². The van der Waals surface area contributed by atoms with Crippen molar-refractivity contribution in [3.8, 4) is 12.1 Å². The average molecular weight is 530 g/mol. The van der Waals surface area contributed by atoms with Crippen LogP contribution in [0.1, 0.15) is 6.42 Å². The smallest absolute Gasteiger partial charge is 0.358 e. The van der Waals surface area contributed by atoms with Crippen molar-refractivity contribution >= 4 is 17.3 Å². The quantitative estimate of drug-likeness (QED) is 0.418. The maximum absolute atomic E-state index is 13.9. The van der Waals surface area contributed by atoms with Gasteiger partial charge in [-0.1, -0.05) is 23.7 Å². The van der Waals surface area contributed by atoms with E-state index in [1.807, 2.05) is 0 Å². The number of alkyl halides is 12. The Morgan fingerprint density at radius 3 is 1.62 bits per heavy atom. The number of rotatable bonds is 3. The Bertz CT molecular complexity index is 1020. The van der Waals surface area contributed by atoms with E-state index >= 15 is 0 Å². The third kappa shape index (κ3) is 4.00. The Labute approximate surface area is 187 Å². The van der Waals surface area contributed by atoms with Gasteiger partial charge in [0.2, 0.25) is 5.41 Å². The van der Waals surface area contributed by atoms with Gasteiger partial charge in [0.15, 0.2) is 11.3 Å². The highest BCUT2D eigenvalue weighted by Crippen LogP contribution is 2.71. The fourth-order valence-corrected chi connectivity index (χ4v) is 4.00. The van der Waals surface area contributed by atoms with Gasteiger partial charge in [-0.15, -0.1) is 0 Å². The number of halogens is 13. The van der Waals surface area contributed by atoms with Crippen LogP contribution in [0.4, 0.5) is 58.4 Å². The van der Waals surface area contributed by atoms with Crippen molar-refractivity contribution in [2.24, 2.45) is 16.7 Å². The molecule has 3 nitrogen and oxygen atoms in total. The van der Waals surface area contributed by atoms with E-state index in [1.165, 1.54) is 6.07 Å². The molecule has 0 saturated carbocycles. The highest BCUT2D eigenvalue weighted by atomic mass is 35.5. The zero-order chi connectivity index (χ0) is 26.5. The van der Waals surface area contributed by atoms with E-state index in [1.54, 1.807) is 5.32 Å². The van der Waals surface area contributed by atoms with Crippen LogP contribution in [0.25, 0.3) is 0 Å². The lowest BCUT2D eigenvalue weighted by Crippen LogP contribution is -2.59. The molecular formula is C18H8ClF12N3. The maximum atomic E-state index is 13.9. The molecule has 16 heteroatoms. The summed E-state index contributed by atoms with van der Waals surface area (Å²) in [6.07, 6.45) is -29.1. The molecule has 0 fully saturated rings. The molecule has 0 radical (unpaired) electrons. The van der Waals surface area contributed by atoms with E-state index in [4.69, 9.17) is 11.6 Å². The van der Waals surface area contributed by atoms with E-state index in [2.05, 4.69) is 0 Å². The zero-order valence-electron chi connectivity index (χ0n) is 15.9. The third-order valence-electron chi connectivity index (χ3n) is 5.22. The molecule has 0 saturated heterocycles. The predicted molar refractivity (Wildman–Crippen MR) is 90.5 cm³/mol. The van der Waals surface area contributed by atoms with Crippen molar-refractivity contribution < 1.29 is 52.7 Å². The first-order valence-corrected chi connectivity index (χ1v) is 8.93. The lowest BCUT2D eigenvalue weighted by Gasteiger charge is -2.42. The summed E-state index contributed by atoms with van der Waals surface area (Å²) in [5.41, 5.74) is -16.0. The molecule has 1 aromatic carbocycles. The van der Waals surface area contributed by atoms with Crippen LogP contribution < -0.4 is 5.32 Å². The monoisotopic (exact) mass is 529 g/mol. The molecule has 186 valence electrons. The molecule has 0 aliphatic heterocycles. The van der Waals surface area contributed by atoms with Gasteiger partial charge in [-0.2, -0.15) is 63.2 Å². The van der Waals surface area contributed by atoms with Crippen molar-refractivity contribution in [1.82, 2.24) is 0 Å². The van der Waals surface area contributed by atoms with Gasteiger partial charge in [0.1, 0.15) is 0 Å². The molecule has 0 heterocycles. The highest BCUT2D eigenvalue weighted by Gasteiger charge is 2.86. The van der Waals surface area contributed by atoms with Crippen LogP contribution in [0.2, 0.25) is 5.02 Å². The molecule has 0 amide bonds. The van der Waals surface area contributed by atoms with Gasteiger partial charge >= 0.3 is 24.7 Å². The summed E-state index contributed by atoms with van der Waals surface area (Å²) in [4.78, 5) is 0. The van der Waals surface area contributed by atoms with E-state index in [0.29, 0.717) is 0 Å². The third-order valence-corrected chi connectivity index (χ3v) is 5.55. The van der Waals surface area contributed by atoms with Crippen LogP contribution in [-0.4, -0.2) is 24.7 Å². The van der Waals surface area contributed by atoms with Crippen LogP contribution >= 0.6 is 11.6 Å². The van der Waals surface area contributed by atoms with Crippen LogP contribution in [0.15, 0.2) is 35.5 Å². The molecule has 0 aromatic heterocycles. The highest BCUT2D eigenvalue weighted by molar-refractivity contribution is 6.33. The number of hydrogen-bond donors (Lipinski definition) is 1. The van der Waals surface area contributed by atoms with Crippen molar-refractivity contribution in [3.63, 3.8) is 0 Å². The van der Waals surface area contributed by atoms with Crippen molar-refractivity contribution in [1.29, 1.82) is 10.5 Å². The molecule has 0 spiro atoms. The van der Waals surface area contributed by atoms with Gasteiger partial charge in [0, 0.05) is 17.7 Å². The number of nitrogens with zero attached hydrogens (tertiary/aromatic N) is 2. The largest absolute Gasteiger partial charge is 0.406 e. The minimum absolute atomic E-state index is 0.204. The number of benzene rings is 1. The van der Waals surface area contributed by atoms with Gasteiger partial charge in [-0.05, 0) is 12.1 Å². The second-order valence-corrected chi connectivity index (χ2v) is 7.47. The summed E-state index contributed by atoms with van der Waals surface area (Å²) in [7, 11) is 0. The van der Waals surface area contributed by atoms with Crippen molar-refractivity contribution in [3.05, 3.63) is 40.6 Å². The van der Waals surface area contributed by atoms with Crippen LogP contribution in [0, 0.1) is 39.4 Å². The van der Waals surface area contributed by atoms with E-state index in [0.717, 1.165) is 18.2 Å². The van der Waals surface area contributed by atoms with Gasteiger partial charge in [0.25, 0.3) is 0 Å². The van der Waals surface area contributed by atoms with Crippen LogP contribution in [0.3, 0.4) is 0 Å². The van der Waals surface area contributed by atoms with E-state index < -0.39 is 69.9 Å². The Hall–Kier alpha value is -2.81. The SMILES string of the molecule is N#CC1(C#N)C(C(C(F)(F)F)C(F)(F)F)=C(Nc2ccccc2Cl)CC1(C(F)(F)F)C(F)(F)F. The fraction of sp³-hybridized carbons (Fsp3) is 0.444. The molecule has 1 N–H and O–H groups in total. The van der Waals surface area contributed by atoms with Gasteiger partial charge < -0.3 is 5.32 Å². The molecular weight excluding hydrogens is 522 g/mol. The van der Waals surface area contributed by atoms with E-state index in [-0.39, 0.29) is 12.1 Å². The summed E-state index contributed by atoms with van der Waals surface area (Å²) in [5.74, 6) is -5.02. The molecule has 2 rings (SSSR count). The molecule has 0 unspecified atom stereocenters. The van der Waals surface area contributed by atoms with Crippen molar-refractivity contribution in [2.45, 2.75) is 31.1 Å². The van der Waals surface area contributed by atoms with Crippen LogP contribution in [-0.2, 0) is 0 Å². The Morgan fingerprint density at radius 2 is 1.26 bits per heavy atom. The topological polar surface area (TPSA) is 59.6 Å². The lowest BCUT2D eigenvalue weighted by molar-refractivity contribution is -0.358. The first-order valence-electron chi connectivity index (χ1n) is 8.55. The average Bonchev–Trinajstić information content (AvgIpc) is 2.92. The summed E-state index contributed by atoms with van der Waals surface area (Å²) in [5, 5.41) is 19.7. The standard InChI is InChI=1S/C18H8ClF12N3/c19-8-3-1-2-4-9(8)34-10-5-14(17(26,27)28,18(29,30)31)13(6-32,7-33)11(10)12(15(20,21)22)16(23,24)25/h1-4,12,34H,5H2. The van der Waals surface area contributed by atoms with Gasteiger partial charge in [-0.25, -0.2) is 0 Å². The number of nitriles is 2. The Kier molecular flexibility index (Phi) is 6.57. The lowest BCUT2D eigenvalue weighted by atomic mass is 9.61. The Morgan fingerprint density at radius 1 is 0.824 bits per heavy atom. The minimum atomic E-state index is -6.69. The van der Waals surface area contributed by atoms with Gasteiger partial charge in [0.05, 0.1) is 22.8 Å². The molecule has 0 bridgehead atoms. The summed E-state index contributed by atoms with van der Waals surface area (Å²) >= 11 is 5.70. The zero-order valence-corrected chi connectivity index (χ0v) is 16.7. The number of nitrogens with one attached hydrogen (secondary N) is 1. The van der Waals surface area contributed by atoms with Gasteiger partial charge in [-0.3, -0.25) is 0 Å². The second-order valence-electron chi connectivity index (χ2n) is 7.06. The maximum Gasteiger partial charge on any atom is 0.406 e. The molecule has 1 aliphatic rings. The molecule has 34 heavy (non-hydrogen) atoms. The predicted octanol–water partition coefficient (Wildman–Crippen LogP) is 7.30. The number of para-hydroxylation sites is 1. The van der Waals surface area contributed by atoms with E-state index in [9.17, 15) is 63.2 Å². The first-order chi connectivity index (χ1) is 15.2. The molecule has 1 aliphatic carbocycles. The molecule has 0 atom stereocenters. The Balaban J connectivity index is 3.11. The summed E-state index contributed by atoms with van der Waals surface area (Å²) in [6, 6.07) is 4.48. The summed E-state index contributed by atoms with van der Waals surface area (Å²) < 4.78 is 165. The van der Waals surface area contributed by atoms with Crippen LogP contribution in [0.5, 0.6) is 0 Å². The number of hydrogen-bond acceptors (Lipinski definition) is 3. The summed E-state index contributed by atoms with van der Waals surface area (Å²) in [6.45, 7) is 0. The normalized spacial score (nSPS) is 18.6. The first kappa shape index (κ1) is 27.4. The fourth-order valence-electron chi connectivity index (χ4n) is 3.81. The minimum Gasteiger partial charge on any atom is -0.358 e.